The first-order valence-electron chi connectivity index (χ1n) is 6.48. The maximum atomic E-state index is 12.0. The van der Waals surface area contributed by atoms with Crippen molar-refractivity contribution in [2.75, 3.05) is 18.6 Å². The fraction of sp³-hybridized carbons (Fsp3) is 0.400. The summed E-state index contributed by atoms with van der Waals surface area (Å²) in [6.07, 6.45) is -0.111. The van der Waals surface area contributed by atoms with Crippen molar-refractivity contribution >= 4 is 23.3 Å². The van der Waals surface area contributed by atoms with Crippen LogP contribution < -0.4 is 4.90 Å². The van der Waals surface area contributed by atoms with Gasteiger partial charge in [-0.15, -0.1) is 0 Å². The van der Waals surface area contributed by atoms with Crippen LogP contribution >= 0.6 is 0 Å². The van der Waals surface area contributed by atoms with Crippen LogP contribution in [0.25, 0.3) is 0 Å². The minimum absolute atomic E-state index is 0.0844. The van der Waals surface area contributed by atoms with Crippen LogP contribution in [0.5, 0.6) is 0 Å². The number of rotatable bonds is 4. The molecule has 0 N–H and O–H groups in total. The van der Waals surface area contributed by atoms with Crippen LogP contribution in [0.3, 0.4) is 0 Å². The first kappa shape index (κ1) is 14.2. The molecule has 0 aliphatic carbocycles. The summed E-state index contributed by atoms with van der Waals surface area (Å²) in [6, 6.07) is 7.58. The molecule has 1 aromatic rings. The highest BCUT2D eigenvalue weighted by atomic mass is 16.5. The molecule has 1 aliphatic rings. The summed E-state index contributed by atoms with van der Waals surface area (Å²) in [4.78, 5) is 36.7. The van der Waals surface area contributed by atoms with E-state index < -0.39 is 11.9 Å². The van der Waals surface area contributed by atoms with E-state index in [-0.39, 0.29) is 24.5 Å². The van der Waals surface area contributed by atoms with Crippen molar-refractivity contribution in [3.05, 3.63) is 29.8 Å². The number of carbonyl (C=O) groups is 3. The molecule has 106 valence electrons. The van der Waals surface area contributed by atoms with E-state index in [1.807, 2.05) is 31.2 Å². The molecule has 1 saturated heterocycles. The van der Waals surface area contributed by atoms with Gasteiger partial charge in [0.2, 0.25) is 5.91 Å². The van der Waals surface area contributed by atoms with Gasteiger partial charge >= 0.3 is 5.97 Å². The molecule has 0 aromatic heterocycles. The number of nitrogens with zero attached hydrogens (tertiary/aromatic N) is 1. The number of ether oxygens (including phenoxy) is 1. The van der Waals surface area contributed by atoms with Gasteiger partial charge < -0.3 is 9.64 Å². The molecule has 20 heavy (non-hydrogen) atoms. The number of hydrogen-bond acceptors (Lipinski definition) is 4. The predicted molar refractivity (Wildman–Crippen MR) is 73.3 cm³/mol. The number of benzene rings is 1. The molecular weight excluding hydrogens is 258 g/mol. The molecule has 1 heterocycles. The monoisotopic (exact) mass is 275 g/mol. The van der Waals surface area contributed by atoms with E-state index in [1.54, 1.807) is 4.90 Å². The van der Waals surface area contributed by atoms with E-state index in [1.165, 1.54) is 7.11 Å². The minimum atomic E-state index is -0.559. The lowest BCUT2D eigenvalue weighted by Crippen LogP contribution is -2.26. The molecule has 1 amide bonds. The number of amides is 1. The van der Waals surface area contributed by atoms with Gasteiger partial charge in [-0.25, -0.2) is 0 Å². The number of methoxy groups -OCH3 is 1. The van der Waals surface area contributed by atoms with E-state index in [2.05, 4.69) is 4.74 Å². The number of hydrogen-bond donors (Lipinski definition) is 0. The molecule has 0 spiro atoms. The quantitative estimate of drug-likeness (QED) is 0.617. The Balaban J connectivity index is 2.07. The van der Waals surface area contributed by atoms with Crippen molar-refractivity contribution in [3.63, 3.8) is 0 Å². The van der Waals surface area contributed by atoms with E-state index in [9.17, 15) is 14.4 Å². The standard InChI is InChI=1S/C15H17NO4/c1-10-4-3-5-12(6-10)16-9-11(7-14(16)18)13(17)8-15(19)20-2/h3-6,11H,7-9H2,1-2H3. The molecule has 1 aromatic carbocycles. The Kier molecular flexibility index (Phi) is 4.17. The zero-order chi connectivity index (χ0) is 14.7. The summed E-state index contributed by atoms with van der Waals surface area (Å²) in [5.74, 6) is -1.31. The number of Topliss-reactive ketones (excluding diaryl/α,β-unsaturated/α-hetero) is 1. The number of ketones is 1. The van der Waals surface area contributed by atoms with Gasteiger partial charge in [-0.3, -0.25) is 14.4 Å². The maximum absolute atomic E-state index is 12.0. The number of esters is 1. The molecule has 1 aliphatic heterocycles. The van der Waals surface area contributed by atoms with Crippen LogP contribution in [-0.2, 0) is 19.1 Å². The van der Waals surface area contributed by atoms with Crippen LogP contribution in [0.2, 0.25) is 0 Å². The van der Waals surface area contributed by atoms with Crippen LogP contribution in [-0.4, -0.2) is 31.3 Å². The number of carbonyl (C=O) groups excluding carboxylic acids is 3. The average Bonchev–Trinajstić information content (AvgIpc) is 2.80. The summed E-state index contributed by atoms with van der Waals surface area (Å²) in [5, 5.41) is 0. The Hall–Kier alpha value is -2.17. The third-order valence-corrected chi connectivity index (χ3v) is 3.44. The van der Waals surface area contributed by atoms with Gasteiger partial charge in [0, 0.05) is 24.6 Å². The minimum Gasteiger partial charge on any atom is -0.469 e. The predicted octanol–water partition coefficient (Wildman–Crippen LogP) is 1.48. The lowest BCUT2D eigenvalue weighted by molar-refractivity contribution is -0.144. The SMILES string of the molecule is COC(=O)CC(=O)C1CC(=O)N(c2cccc(C)c2)C1. The van der Waals surface area contributed by atoms with Crippen LogP contribution in [0.1, 0.15) is 18.4 Å². The van der Waals surface area contributed by atoms with Gasteiger partial charge in [0.25, 0.3) is 0 Å². The first-order valence-corrected chi connectivity index (χ1v) is 6.48. The van der Waals surface area contributed by atoms with Gasteiger partial charge in [0.15, 0.2) is 0 Å². The van der Waals surface area contributed by atoms with E-state index in [4.69, 9.17) is 0 Å². The summed E-state index contributed by atoms with van der Waals surface area (Å²) in [5.41, 5.74) is 1.85. The highest BCUT2D eigenvalue weighted by molar-refractivity contribution is 6.04. The molecule has 0 radical (unpaired) electrons. The van der Waals surface area contributed by atoms with Crippen molar-refractivity contribution in [1.29, 1.82) is 0 Å². The lowest BCUT2D eigenvalue weighted by Gasteiger charge is -2.16. The number of anilines is 1. The fourth-order valence-corrected chi connectivity index (χ4v) is 2.33. The second-order valence-electron chi connectivity index (χ2n) is 4.96. The average molecular weight is 275 g/mol. The van der Waals surface area contributed by atoms with Crippen molar-refractivity contribution in [3.8, 4) is 0 Å². The summed E-state index contributed by atoms with van der Waals surface area (Å²) in [6.45, 7) is 2.28. The topological polar surface area (TPSA) is 63.7 Å². The van der Waals surface area contributed by atoms with Crippen molar-refractivity contribution < 1.29 is 19.1 Å². The molecule has 1 unspecified atom stereocenters. The Labute approximate surface area is 117 Å². The highest BCUT2D eigenvalue weighted by Gasteiger charge is 2.35. The zero-order valence-corrected chi connectivity index (χ0v) is 11.6. The Morgan fingerprint density at radius 1 is 1.40 bits per heavy atom. The highest BCUT2D eigenvalue weighted by Crippen LogP contribution is 2.26. The summed E-state index contributed by atoms with van der Waals surface area (Å²) in [7, 11) is 1.24. The largest absolute Gasteiger partial charge is 0.469 e. The van der Waals surface area contributed by atoms with Gasteiger partial charge in [-0.05, 0) is 24.6 Å². The normalized spacial score (nSPS) is 18.2. The molecule has 2 rings (SSSR count). The molecule has 5 nitrogen and oxygen atoms in total. The molecule has 0 saturated carbocycles. The second-order valence-corrected chi connectivity index (χ2v) is 4.96. The van der Waals surface area contributed by atoms with Crippen LogP contribution in [0.15, 0.2) is 24.3 Å². The maximum Gasteiger partial charge on any atom is 0.313 e. The Morgan fingerprint density at radius 3 is 2.80 bits per heavy atom. The summed E-state index contributed by atoms with van der Waals surface area (Å²) < 4.78 is 4.48. The van der Waals surface area contributed by atoms with Gasteiger partial charge in [0.1, 0.15) is 12.2 Å². The van der Waals surface area contributed by atoms with Crippen molar-refractivity contribution in [2.45, 2.75) is 19.8 Å². The van der Waals surface area contributed by atoms with Crippen molar-refractivity contribution in [2.24, 2.45) is 5.92 Å². The lowest BCUT2D eigenvalue weighted by atomic mass is 10.0. The van der Waals surface area contributed by atoms with E-state index in [0.29, 0.717) is 6.54 Å². The fourth-order valence-electron chi connectivity index (χ4n) is 2.33. The van der Waals surface area contributed by atoms with E-state index >= 15 is 0 Å². The number of aryl methyl sites for hydroxylation is 1. The van der Waals surface area contributed by atoms with Crippen LogP contribution in [0, 0.1) is 12.8 Å². The summed E-state index contributed by atoms with van der Waals surface area (Å²) >= 11 is 0. The third kappa shape index (κ3) is 3.04. The first-order chi connectivity index (χ1) is 9.51. The third-order valence-electron chi connectivity index (χ3n) is 3.44. The molecule has 5 heteroatoms. The van der Waals surface area contributed by atoms with E-state index in [0.717, 1.165) is 11.3 Å². The van der Waals surface area contributed by atoms with Crippen molar-refractivity contribution in [1.82, 2.24) is 0 Å². The molecular formula is C15H17NO4. The Bertz CT molecular complexity index is 553. The van der Waals surface area contributed by atoms with Gasteiger partial charge in [-0.2, -0.15) is 0 Å². The smallest absolute Gasteiger partial charge is 0.313 e. The molecule has 0 bridgehead atoms. The van der Waals surface area contributed by atoms with Crippen LogP contribution in [0.4, 0.5) is 5.69 Å². The molecule has 1 fully saturated rings. The second kappa shape index (κ2) is 5.86. The van der Waals surface area contributed by atoms with Gasteiger partial charge in [0.05, 0.1) is 7.11 Å². The zero-order valence-electron chi connectivity index (χ0n) is 11.6. The Morgan fingerprint density at radius 2 is 2.15 bits per heavy atom. The molecule has 1 atom stereocenters. The van der Waals surface area contributed by atoms with Gasteiger partial charge in [-0.1, -0.05) is 12.1 Å².